The lowest BCUT2D eigenvalue weighted by molar-refractivity contribution is -0.140. The molecular weight excluding hydrogens is 322 g/mol. The van der Waals surface area contributed by atoms with Gasteiger partial charge in [-0.3, -0.25) is 4.79 Å². The van der Waals surface area contributed by atoms with E-state index in [0.29, 0.717) is 12.1 Å². The minimum atomic E-state index is 0.179. The lowest BCUT2D eigenvalue weighted by atomic mass is 9.88. The van der Waals surface area contributed by atoms with Crippen molar-refractivity contribution in [1.29, 1.82) is 0 Å². The predicted molar refractivity (Wildman–Crippen MR) is 107 cm³/mol. The summed E-state index contributed by atoms with van der Waals surface area (Å²) in [6.07, 6.45) is 12.4. The molecule has 0 radical (unpaired) electrons. The van der Waals surface area contributed by atoms with Crippen LogP contribution in [-0.4, -0.2) is 29.5 Å². The minimum absolute atomic E-state index is 0.179. The number of carbonyl (C=O) groups excluding carboxylic acids is 1. The van der Waals surface area contributed by atoms with Crippen LogP contribution in [0, 0.1) is 20.8 Å². The van der Waals surface area contributed by atoms with Crippen molar-refractivity contribution < 1.29 is 9.53 Å². The standard InChI is InChI=1S/C23H35NO2/c1-17-14-15-18(2)23(19(17)3)26-16-22(25)24(20-10-6-4-7-11-20)21-12-8-5-9-13-21/h14-15,20-21H,4-13,16H2,1-3H3. The van der Waals surface area contributed by atoms with Crippen molar-refractivity contribution in [2.24, 2.45) is 0 Å². The second-order valence-electron chi connectivity index (χ2n) is 8.33. The first-order chi connectivity index (χ1) is 12.6. The third-order valence-electron chi connectivity index (χ3n) is 6.44. The highest BCUT2D eigenvalue weighted by Crippen LogP contribution is 2.31. The van der Waals surface area contributed by atoms with Gasteiger partial charge in [0, 0.05) is 12.1 Å². The molecule has 0 aromatic heterocycles. The average molecular weight is 358 g/mol. The Kier molecular flexibility index (Phi) is 6.61. The van der Waals surface area contributed by atoms with Crippen LogP contribution in [0.4, 0.5) is 0 Å². The molecule has 26 heavy (non-hydrogen) atoms. The summed E-state index contributed by atoms with van der Waals surface area (Å²) in [5, 5.41) is 0. The number of amides is 1. The smallest absolute Gasteiger partial charge is 0.261 e. The molecule has 0 heterocycles. The molecule has 0 aliphatic heterocycles. The van der Waals surface area contributed by atoms with Crippen LogP contribution >= 0.6 is 0 Å². The largest absolute Gasteiger partial charge is 0.483 e. The number of benzene rings is 1. The van der Waals surface area contributed by atoms with E-state index in [0.717, 1.165) is 16.9 Å². The fourth-order valence-electron chi connectivity index (χ4n) is 4.78. The molecule has 0 atom stereocenters. The fourth-order valence-corrected chi connectivity index (χ4v) is 4.78. The van der Waals surface area contributed by atoms with Crippen LogP contribution < -0.4 is 4.74 Å². The topological polar surface area (TPSA) is 29.5 Å². The van der Waals surface area contributed by atoms with E-state index in [1.165, 1.54) is 69.8 Å². The Hall–Kier alpha value is -1.51. The van der Waals surface area contributed by atoms with Crippen LogP contribution in [0.2, 0.25) is 0 Å². The van der Waals surface area contributed by atoms with Crippen molar-refractivity contribution in [2.75, 3.05) is 6.61 Å². The molecule has 0 saturated heterocycles. The Morgan fingerprint density at radius 1 is 0.885 bits per heavy atom. The van der Waals surface area contributed by atoms with Gasteiger partial charge in [0.15, 0.2) is 6.61 Å². The molecule has 0 N–H and O–H groups in total. The van der Waals surface area contributed by atoms with Crippen LogP contribution in [0.15, 0.2) is 12.1 Å². The summed E-state index contributed by atoms with van der Waals surface area (Å²) in [6.45, 7) is 6.42. The van der Waals surface area contributed by atoms with Crippen molar-refractivity contribution in [2.45, 2.75) is 97.1 Å². The second-order valence-corrected chi connectivity index (χ2v) is 8.33. The van der Waals surface area contributed by atoms with Gasteiger partial charge in [-0.2, -0.15) is 0 Å². The summed E-state index contributed by atoms with van der Waals surface area (Å²) in [5.74, 6) is 1.09. The summed E-state index contributed by atoms with van der Waals surface area (Å²) < 4.78 is 6.08. The number of aryl methyl sites for hydroxylation is 2. The van der Waals surface area contributed by atoms with E-state index in [1.54, 1.807) is 0 Å². The zero-order valence-corrected chi connectivity index (χ0v) is 16.9. The van der Waals surface area contributed by atoms with Gasteiger partial charge in [0.25, 0.3) is 5.91 Å². The monoisotopic (exact) mass is 357 g/mol. The Labute approximate surface area is 159 Å². The number of nitrogens with zero attached hydrogens (tertiary/aromatic N) is 1. The zero-order valence-electron chi connectivity index (χ0n) is 16.9. The second kappa shape index (κ2) is 8.92. The molecule has 1 amide bonds. The van der Waals surface area contributed by atoms with E-state index in [4.69, 9.17) is 4.74 Å². The molecular formula is C23H35NO2. The van der Waals surface area contributed by atoms with Crippen molar-refractivity contribution in [1.82, 2.24) is 4.90 Å². The van der Waals surface area contributed by atoms with E-state index in [-0.39, 0.29) is 12.5 Å². The number of carbonyl (C=O) groups is 1. The lowest BCUT2D eigenvalue weighted by Crippen LogP contribution is -2.50. The molecule has 3 nitrogen and oxygen atoms in total. The fraction of sp³-hybridized carbons (Fsp3) is 0.696. The maximum absolute atomic E-state index is 13.2. The molecule has 0 spiro atoms. The van der Waals surface area contributed by atoms with Crippen molar-refractivity contribution in [3.05, 3.63) is 28.8 Å². The van der Waals surface area contributed by atoms with E-state index in [2.05, 4.69) is 37.8 Å². The van der Waals surface area contributed by atoms with Gasteiger partial charge >= 0.3 is 0 Å². The molecule has 2 aliphatic rings. The molecule has 2 saturated carbocycles. The zero-order chi connectivity index (χ0) is 18.5. The summed E-state index contributed by atoms with van der Waals surface area (Å²) in [4.78, 5) is 15.5. The van der Waals surface area contributed by atoms with Crippen LogP contribution in [-0.2, 0) is 4.79 Å². The number of ether oxygens (including phenoxy) is 1. The summed E-state index contributed by atoms with van der Waals surface area (Å²) in [6, 6.07) is 5.07. The van der Waals surface area contributed by atoms with Gasteiger partial charge in [-0.15, -0.1) is 0 Å². The average Bonchev–Trinajstić information content (AvgIpc) is 2.67. The maximum atomic E-state index is 13.2. The highest BCUT2D eigenvalue weighted by Gasteiger charge is 2.32. The van der Waals surface area contributed by atoms with Crippen LogP contribution in [0.25, 0.3) is 0 Å². The van der Waals surface area contributed by atoms with Crippen molar-refractivity contribution in [3.8, 4) is 5.75 Å². The third kappa shape index (κ3) is 4.42. The van der Waals surface area contributed by atoms with Gasteiger partial charge in [0.2, 0.25) is 0 Å². The van der Waals surface area contributed by atoms with Crippen LogP contribution in [0.1, 0.15) is 80.9 Å². The molecule has 3 rings (SSSR count). The molecule has 144 valence electrons. The van der Waals surface area contributed by atoms with Crippen LogP contribution in [0.3, 0.4) is 0 Å². The van der Waals surface area contributed by atoms with Gasteiger partial charge in [0.1, 0.15) is 5.75 Å². The SMILES string of the molecule is Cc1ccc(C)c(OCC(=O)N(C2CCCCC2)C2CCCCC2)c1C. The molecule has 0 unspecified atom stereocenters. The molecule has 1 aromatic carbocycles. The predicted octanol–water partition coefficient (Wildman–Crippen LogP) is 5.48. The number of rotatable bonds is 5. The quantitative estimate of drug-likeness (QED) is 0.698. The Balaban J connectivity index is 1.71. The summed E-state index contributed by atoms with van der Waals surface area (Å²) >= 11 is 0. The van der Waals surface area contributed by atoms with Gasteiger partial charge in [-0.25, -0.2) is 0 Å². The normalized spacial score (nSPS) is 19.3. The Morgan fingerprint density at radius 2 is 1.38 bits per heavy atom. The summed E-state index contributed by atoms with van der Waals surface area (Å²) in [7, 11) is 0. The number of hydrogen-bond donors (Lipinski definition) is 0. The minimum Gasteiger partial charge on any atom is -0.483 e. The first-order valence-electron chi connectivity index (χ1n) is 10.6. The van der Waals surface area contributed by atoms with Gasteiger partial charge in [0.05, 0.1) is 0 Å². The summed E-state index contributed by atoms with van der Waals surface area (Å²) in [5.41, 5.74) is 3.48. The van der Waals surface area contributed by atoms with E-state index < -0.39 is 0 Å². The molecule has 2 fully saturated rings. The Morgan fingerprint density at radius 3 is 1.92 bits per heavy atom. The van der Waals surface area contributed by atoms with Crippen molar-refractivity contribution >= 4 is 5.91 Å². The third-order valence-corrected chi connectivity index (χ3v) is 6.44. The number of hydrogen-bond acceptors (Lipinski definition) is 2. The van der Waals surface area contributed by atoms with Gasteiger partial charge in [-0.05, 0) is 63.1 Å². The molecule has 0 bridgehead atoms. The van der Waals surface area contributed by atoms with E-state index in [1.807, 2.05) is 0 Å². The van der Waals surface area contributed by atoms with Crippen molar-refractivity contribution in [3.63, 3.8) is 0 Å². The van der Waals surface area contributed by atoms with Gasteiger partial charge < -0.3 is 9.64 Å². The molecule has 2 aliphatic carbocycles. The Bertz CT molecular complexity index is 595. The lowest BCUT2D eigenvalue weighted by Gasteiger charge is -2.41. The molecule has 1 aromatic rings. The first-order valence-corrected chi connectivity index (χ1v) is 10.6. The highest BCUT2D eigenvalue weighted by molar-refractivity contribution is 5.78. The van der Waals surface area contributed by atoms with Gasteiger partial charge in [-0.1, -0.05) is 50.7 Å². The first kappa shape index (κ1) is 19.3. The van der Waals surface area contributed by atoms with Crippen LogP contribution in [0.5, 0.6) is 5.75 Å². The molecule has 3 heteroatoms. The highest BCUT2D eigenvalue weighted by atomic mass is 16.5. The van der Waals surface area contributed by atoms with E-state index in [9.17, 15) is 4.79 Å². The van der Waals surface area contributed by atoms with E-state index >= 15 is 0 Å². The maximum Gasteiger partial charge on any atom is 0.261 e.